The largest absolute Gasteiger partial charge is 0.391 e. The van der Waals surface area contributed by atoms with Crippen molar-refractivity contribution < 1.29 is 5.11 Å². The number of aliphatic hydroxyl groups is 1. The fraction of sp³-hybridized carbons (Fsp3) is 0.700. The van der Waals surface area contributed by atoms with Crippen LogP contribution in [0.1, 0.15) is 40.0 Å². The number of unbranched alkanes of at least 4 members (excludes halogenated alkanes) is 1. The van der Waals surface area contributed by atoms with Gasteiger partial charge in [-0.25, -0.2) is 0 Å². The molecule has 0 rings (SSSR count). The van der Waals surface area contributed by atoms with Crippen molar-refractivity contribution in [3.8, 4) is 0 Å². The maximum atomic E-state index is 8.70. The first-order valence-corrected chi connectivity index (χ1v) is 4.23. The summed E-state index contributed by atoms with van der Waals surface area (Å²) in [4.78, 5) is 0. The summed E-state index contributed by atoms with van der Waals surface area (Å²) in [5.74, 6) is 0. The molecule has 0 spiro atoms. The molecule has 0 amide bonds. The van der Waals surface area contributed by atoms with Crippen molar-refractivity contribution >= 4 is 0 Å². The zero-order valence-electron chi connectivity index (χ0n) is 7.78. The minimum absolute atomic E-state index is 0.128. The van der Waals surface area contributed by atoms with Gasteiger partial charge in [0.05, 0.1) is 6.61 Å². The lowest BCUT2D eigenvalue weighted by molar-refractivity contribution is 0.331. The monoisotopic (exact) mass is 154 g/mol. The molecule has 64 valence electrons. The quantitative estimate of drug-likeness (QED) is 0.617. The normalized spacial score (nSPS) is 9.09. The van der Waals surface area contributed by atoms with Crippen LogP contribution in [-0.4, -0.2) is 11.7 Å². The molecule has 11 heavy (non-hydrogen) atoms. The smallest absolute Gasteiger partial charge is 0.0713 e. The molecule has 0 aliphatic rings. The third-order valence-electron chi connectivity index (χ3n) is 1.57. The third-order valence-corrected chi connectivity index (χ3v) is 1.57. The van der Waals surface area contributed by atoms with Gasteiger partial charge in [0.25, 0.3) is 0 Å². The van der Waals surface area contributed by atoms with Crippen LogP contribution in [0.25, 0.3) is 0 Å². The fourth-order valence-electron chi connectivity index (χ4n) is 0.908. The van der Waals surface area contributed by atoms with Gasteiger partial charge in [-0.05, 0) is 37.8 Å². The van der Waals surface area contributed by atoms with Gasteiger partial charge in [-0.1, -0.05) is 13.3 Å². The van der Waals surface area contributed by atoms with Crippen LogP contribution in [0, 0.1) is 0 Å². The average Bonchev–Trinajstić information content (AvgIpc) is 2.00. The van der Waals surface area contributed by atoms with E-state index in [2.05, 4.69) is 19.6 Å². The maximum Gasteiger partial charge on any atom is 0.0713 e. The molecule has 1 nitrogen and oxygen atoms in total. The van der Waals surface area contributed by atoms with E-state index in [0.717, 1.165) is 12.0 Å². The summed E-state index contributed by atoms with van der Waals surface area (Å²) in [5.41, 5.74) is 5.33. The van der Waals surface area contributed by atoms with Gasteiger partial charge in [0, 0.05) is 0 Å². The van der Waals surface area contributed by atoms with Gasteiger partial charge < -0.3 is 5.11 Å². The van der Waals surface area contributed by atoms with Gasteiger partial charge >= 0.3 is 0 Å². The average molecular weight is 154 g/mol. The molecule has 0 aromatic heterocycles. The lowest BCUT2D eigenvalue weighted by Gasteiger charge is -1.95. The number of rotatable bonds is 4. The predicted molar refractivity (Wildman–Crippen MR) is 48.5 cm³/mol. The van der Waals surface area contributed by atoms with Gasteiger partial charge in [0.2, 0.25) is 0 Å². The molecular formula is C10H18O. The Morgan fingerprint density at radius 2 is 1.91 bits per heavy atom. The molecule has 0 bridgehead atoms. The highest BCUT2D eigenvalue weighted by molar-refractivity contribution is 5.05. The lowest BCUT2D eigenvalue weighted by atomic mass is 10.1. The fourth-order valence-corrected chi connectivity index (χ4v) is 0.908. The molecule has 0 heterocycles. The van der Waals surface area contributed by atoms with E-state index in [1.807, 2.05) is 6.92 Å². The number of aliphatic hydroxyl groups excluding tert-OH is 1. The Balaban J connectivity index is 3.98. The van der Waals surface area contributed by atoms with Crippen LogP contribution in [0.5, 0.6) is 0 Å². The van der Waals surface area contributed by atoms with E-state index in [1.54, 1.807) is 0 Å². The van der Waals surface area contributed by atoms with Gasteiger partial charge in [-0.2, -0.15) is 0 Å². The Hall–Kier alpha value is -0.520. The molecule has 0 aliphatic heterocycles. The van der Waals surface area contributed by atoms with Crippen molar-refractivity contribution in [2.75, 3.05) is 6.61 Å². The summed E-state index contributed by atoms with van der Waals surface area (Å²) < 4.78 is 0. The molecular weight excluding hydrogens is 136 g/mol. The van der Waals surface area contributed by atoms with Gasteiger partial charge in [-0.3, -0.25) is 0 Å². The van der Waals surface area contributed by atoms with Crippen LogP contribution in [0.15, 0.2) is 16.9 Å². The summed E-state index contributed by atoms with van der Waals surface area (Å²) in [6.45, 7) is 6.27. The van der Waals surface area contributed by atoms with E-state index in [-0.39, 0.29) is 6.61 Å². The van der Waals surface area contributed by atoms with Crippen molar-refractivity contribution in [3.63, 3.8) is 0 Å². The standard InChI is InChI=1S/C10H18O/c1-4-5-6-9(2)7-10(3)8-11/h11H,4-6,8H2,1-3H3. The highest BCUT2D eigenvalue weighted by atomic mass is 16.3. The van der Waals surface area contributed by atoms with Gasteiger partial charge in [0.1, 0.15) is 0 Å². The first-order valence-electron chi connectivity index (χ1n) is 4.23. The Labute approximate surface area is 69.4 Å². The third kappa shape index (κ3) is 5.90. The van der Waals surface area contributed by atoms with E-state index in [9.17, 15) is 0 Å². The van der Waals surface area contributed by atoms with E-state index in [0.29, 0.717) is 0 Å². The van der Waals surface area contributed by atoms with Crippen molar-refractivity contribution in [1.29, 1.82) is 0 Å². The van der Waals surface area contributed by atoms with E-state index < -0.39 is 0 Å². The number of hydrogen-bond acceptors (Lipinski definition) is 1. The lowest BCUT2D eigenvalue weighted by Crippen LogP contribution is -1.82. The highest BCUT2D eigenvalue weighted by Crippen LogP contribution is 2.05. The summed E-state index contributed by atoms with van der Waals surface area (Å²) in [7, 11) is 0. The SMILES string of the molecule is CCCCC(C)=C=C(C)CO. The molecule has 0 aromatic rings. The van der Waals surface area contributed by atoms with Crippen molar-refractivity contribution in [1.82, 2.24) is 0 Å². The molecule has 0 atom stereocenters. The summed E-state index contributed by atoms with van der Waals surface area (Å²) in [6, 6.07) is 0. The molecule has 1 heteroatoms. The van der Waals surface area contributed by atoms with Crippen molar-refractivity contribution in [2.45, 2.75) is 40.0 Å². The zero-order chi connectivity index (χ0) is 8.69. The highest BCUT2D eigenvalue weighted by Gasteiger charge is 1.87. The van der Waals surface area contributed by atoms with Crippen molar-refractivity contribution in [3.05, 3.63) is 16.9 Å². The topological polar surface area (TPSA) is 20.2 Å². The molecule has 0 saturated heterocycles. The van der Waals surface area contributed by atoms with E-state index in [1.165, 1.54) is 18.4 Å². The predicted octanol–water partition coefficient (Wildman–Crippen LogP) is 2.66. The zero-order valence-corrected chi connectivity index (χ0v) is 7.78. The first-order chi connectivity index (χ1) is 5.20. The molecule has 0 aliphatic carbocycles. The number of hydrogen-bond donors (Lipinski definition) is 1. The van der Waals surface area contributed by atoms with Crippen LogP contribution in [0.4, 0.5) is 0 Å². The van der Waals surface area contributed by atoms with Crippen LogP contribution in [0.3, 0.4) is 0 Å². The second-order valence-electron chi connectivity index (χ2n) is 2.95. The minimum Gasteiger partial charge on any atom is -0.391 e. The molecule has 0 fully saturated rings. The van der Waals surface area contributed by atoms with Gasteiger partial charge in [-0.15, -0.1) is 5.73 Å². The second kappa shape index (κ2) is 6.21. The van der Waals surface area contributed by atoms with Gasteiger partial charge in [0.15, 0.2) is 0 Å². The Morgan fingerprint density at radius 1 is 1.27 bits per heavy atom. The van der Waals surface area contributed by atoms with Crippen molar-refractivity contribution in [2.24, 2.45) is 0 Å². The minimum atomic E-state index is 0.128. The molecule has 0 saturated carbocycles. The summed E-state index contributed by atoms with van der Waals surface area (Å²) >= 11 is 0. The molecule has 0 aromatic carbocycles. The van der Waals surface area contributed by atoms with Crippen LogP contribution < -0.4 is 0 Å². The summed E-state index contributed by atoms with van der Waals surface area (Å²) in [6.07, 6.45) is 3.54. The maximum absolute atomic E-state index is 8.70. The molecule has 0 unspecified atom stereocenters. The Morgan fingerprint density at radius 3 is 2.36 bits per heavy atom. The van der Waals surface area contributed by atoms with E-state index >= 15 is 0 Å². The Kier molecular flexibility index (Phi) is 5.91. The Bertz CT molecular complexity index is 162. The molecule has 1 N–H and O–H groups in total. The second-order valence-corrected chi connectivity index (χ2v) is 2.95. The van der Waals surface area contributed by atoms with E-state index in [4.69, 9.17) is 5.11 Å². The summed E-state index contributed by atoms with van der Waals surface area (Å²) in [5, 5.41) is 8.70. The van der Waals surface area contributed by atoms with Crippen LogP contribution in [-0.2, 0) is 0 Å². The van der Waals surface area contributed by atoms with Crippen LogP contribution >= 0.6 is 0 Å². The van der Waals surface area contributed by atoms with Crippen LogP contribution in [0.2, 0.25) is 0 Å². The molecule has 0 radical (unpaired) electrons. The first kappa shape index (κ1) is 10.5.